The second kappa shape index (κ2) is 8.19. The molecule has 0 aliphatic rings. The van der Waals surface area contributed by atoms with Gasteiger partial charge < -0.3 is 9.47 Å². The highest BCUT2D eigenvalue weighted by molar-refractivity contribution is 9.13. The molecule has 0 atom stereocenters. The summed E-state index contributed by atoms with van der Waals surface area (Å²) < 4.78 is 12.6. The van der Waals surface area contributed by atoms with Crippen LogP contribution in [0.4, 0.5) is 5.69 Å². The van der Waals surface area contributed by atoms with Crippen LogP contribution in [0, 0.1) is 0 Å². The van der Waals surface area contributed by atoms with Crippen LogP contribution in [0.1, 0.15) is 12.5 Å². The van der Waals surface area contributed by atoms with Crippen molar-refractivity contribution in [3.05, 3.63) is 50.9 Å². The Morgan fingerprint density at radius 1 is 1.18 bits per heavy atom. The highest BCUT2D eigenvalue weighted by Crippen LogP contribution is 2.42. The molecular weight excluding hydrogens is 412 g/mol. The highest BCUT2D eigenvalue weighted by Gasteiger charge is 2.15. The second-order valence-electron chi connectivity index (χ2n) is 4.29. The van der Waals surface area contributed by atoms with E-state index < -0.39 is 0 Å². The minimum absolute atomic E-state index is 0.559. The van der Waals surface area contributed by atoms with Gasteiger partial charge in [0.05, 0.1) is 30.1 Å². The fourth-order valence-electron chi connectivity index (χ4n) is 1.84. The lowest BCUT2D eigenvalue weighted by Gasteiger charge is -2.14. The predicted molar refractivity (Wildman–Crippen MR) is 97.2 cm³/mol. The number of benzene rings is 2. The zero-order chi connectivity index (χ0) is 15.9. The summed E-state index contributed by atoms with van der Waals surface area (Å²) in [6.07, 6.45) is 1.73. The maximum atomic E-state index is 5.61. The molecule has 1 N–H and O–H groups in total. The van der Waals surface area contributed by atoms with Crippen molar-refractivity contribution in [2.24, 2.45) is 5.10 Å². The Labute approximate surface area is 146 Å². The third-order valence-corrected chi connectivity index (χ3v) is 4.97. The summed E-state index contributed by atoms with van der Waals surface area (Å²) in [5.41, 5.74) is 4.78. The molecule has 0 amide bonds. The molecule has 2 aromatic carbocycles. The number of nitrogens with zero attached hydrogens (tertiary/aromatic N) is 1. The van der Waals surface area contributed by atoms with Crippen LogP contribution in [0.3, 0.4) is 0 Å². The monoisotopic (exact) mass is 426 g/mol. The molecule has 116 valence electrons. The van der Waals surface area contributed by atoms with Crippen LogP contribution < -0.4 is 14.9 Å². The lowest BCUT2D eigenvalue weighted by Crippen LogP contribution is -1.99. The Morgan fingerprint density at radius 2 is 1.91 bits per heavy atom. The third-order valence-electron chi connectivity index (χ3n) is 2.83. The van der Waals surface area contributed by atoms with Gasteiger partial charge in [0.25, 0.3) is 0 Å². The van der Waals surface area contributed by atoms with E-state index >= 15 is 0 Å². The van der Waals surface area contributed by atoms with E-state index in [1.807, 2.05) is 43.3 Å². The Bertz CT molecular complexity index is 661. The van der Waals surface area contributed by atoms with Crippen LogP contribution >= 0.6 is 31.9 Å². The molecule has 0 saturated heterocycles. The van der Waals surface area contributed by atoms with Crippen molar-refractivity contribution in [1.82, 2.24) is 0 Å². The van der Waals surface area contributed by atoms with Gasteiger partial charge in [-0.1, -0.05) is 18.2 Å². The first-order valence-corrected chi connectivity index (χ1v) is 8.28. The number of rotatable bonds is 6. The van der Waals surface area contributed by atoms with Crippen molar-refractivity contribution >= 4 is 43.8 Å². The molecule has 0 aliphatic carbocycles. The van der Waals surface area contributed by atoms with Crippen LogP contribution in [-0.2, 0) is 0 Å². The van der Waals surface area contributed by atoms with Gasteiger partial charge in [0.15, 0.2) is 11.5 Å². The number of para-hydroxylation sites is 1. The molecule has 0 bridgehead atoms. The van der Waals surface area contributed by atoms with E-state index in [4.69, 9.17) is 9.47 Å². The number of hydrogen-bond acceptors (Lipinski definition) is 4. The molecule has 0 aliphatic heterocycles. The Balaban J connectivity index is 2.26. The van der Waals surface area contributed by atoms with Gasteiger partial charge in [0.1, 0.15) is 0 Å². The molecule has 2 aromatic rings. The first-order valence-electron chi connectivity index (χ1n) is 6.70. The van der Waals surface area contributed by atoms with Crippen molar-refractivity contribution in [2.75, 3.05) is 19.1 Å². The number of halogens is 2. The number of ether oxygens (including phenoxy) is 2. The largest absolute Gasteiger partial charge is 0.492 e. The topological polar surface area (TPSA) is 42.8 Å². The lowest BCUT2D eigenvalue weighted by atomic mass is 10.2. The smallest absolute Gasteiger partial charge is 0.176 e. The quantitative estimate of drug-likeness (QED) is 0.517. The minimum atomic E-state index is 0.559. The zero-order valence-electron chi connectivity index (χ0n) is 12.3. The van der Waals surface area contributed by atoms with Gasteiger partial charge in [-0.05, 0) is 57.0 Å². The molecule has 0 heterocycles. The van der Waals surface area contributed by atoms with Crippen molar-refractivity contribution in [2.45, 2.75) is 6.92 Å². The molecule has 0 unspecified atom stereocenters. The Morgan fingerprint density at radius 3 is 2.55 bits per heavy atom. The molecule has 2 rings (SSSR count). The van der Waals surface area contributed by atoms with E-state index in [0.717, 1.165) is 20.2 Å². The van der Waals surface area contributed by atoms with E-state index in [1.54, 1.807) is 13.3 Å². The van der Waals surface area contributed by atoms with Crippen molar-refractivity contribution in [3.63, 3.8) is 0 Å². The third kappa shape index (κ3) is 4.01. The molecule has 4 nitrogen and oxygen atoms in total. The second-order valence-corrected chi connectivity index (χ2v) is 5.88. The zero-order valence-corrected chi connectivity index (χ0v) is 15.4. The van der Waals surface area contributed by atoms with E-state index in [-0.39, 0.29) is 0 Å². The van der Waals surface area contributed by atoms with Crippen LogP contribution in [0.25, 0.3) is 0 Å². The molecule has 22 heavy (non-hydrogen) atoms. The molecular formula is C16H16Br2N2O2. The van der Waals surface area contributed by atoms with E-state index in [2.05, 4.69) is 42.4 Å². The van der Waals surface area contributed by atoms with Gasteiger partial charge in [0.2, 0.25) is 0 Å². The number of hydrazone groups is 1. The summed E-state index contributed by atoms with van der Waals surface area (Å²) in [5, 5.41) is 4.25. The predicted octanol–water partition coefficient (Wildman–Crippen LogP) is 5.06. The fraction of sp³-hybridized carbons (Fsp3) is 0.188. The molecule has 0 radical (unpaired) electrons. The lowest BCUT2D eigenvalue weighted by molar-refractivity contribution is 0.309. The summed E-state index contributed by atoms with van der Waals surface area (Å²) in [4.78, 5) is 0. The van der Waals surface area contributed by atoms with Crippen molar-refractivity contribution < 1.29 is 9.47 Å². The van der Waals surface area contributed by atoms with E-state index in [0.29, 0.717) is 18.1 Å². The average molecular weight is 428 g/mol. The maximum Gasteiger partial charge on any atom is 0.176 e. The number of methoxy groups -OCH3 is 1. The standard InChI is InChI=1S/C16H16Br2N2O2/c1-3-22-13-9-11(14(17)15(18)16(13)21-2)10-19-20-12-7-5-4-6-8-12/h4-10,20H,3H2,1-2H3/b19-10-. The molecule has 6 heteroatoms. The number of anilines is 1. The Hall–Kier alpha value is -1.53. The van der Waals surface area contributed by atoms with Crippen LogP contribution in [0.2, 0.25) is 0 Å². The summed E-state index contributed by atoms with van der Waals surface area (Å²) in [6, 6.07) is 11.6. The van der Waals surface area contributed by atoms with E-state index in [9.17, 15) is 0 Å². The van der Waals surface area contributed by atoms with Gasteiger partial charge in [-0.2, -0.15) is 5.10 Å². The van der Waals surface area contributed by atoms with Gasteiger partial charge in [-0.3, -0.25) is 5.43 Å². The summed E-state index contributed by atoms with van der Waals surface area (Å²) in [5.74, 6) is 1.32. The first kappa shape index (κ1) is 16.8. The van der Waals surface area contributed by atoms with Gasteiger partial charge in [0, 0.05) is 10.0 Å². The molecule has 0 saturated carbocycles. The molecule has 0 aromatic heterocycles. The summed E-state index contributed by atoms with van der Waals surface area (Å²) in [6.45, 7) is 2.49. The van der Waals surface area contributed by atoms with Crippen LogP contribution in [-0.4, -0.2) is 19.9 Å². The van der Waals surface area contributed by atoms with Gasteiger partial charge in [-0.25, -0.2) is 0 Å². The normalized spacial score (nSPS) is 10.7. The van der Waals surface area contributed by atoms with Crippen molar-refractivity contribution in [3.8, 4) is 11.5 Å². The number of nitrogens with one attached hydrogen (secondary N) is 1. The van der Waals surface area contributed by atoms with Crippen LogP contribution in [0.15, 0.2) is 50.4 Å². The SMILES string of the molecule is CCOc1cc(/C=N\Nc2ccccc2)c(Br)c(Br)c1OC. The number of hydrogen-bond donors (Lipinski definition) is 1. The summed E-state index contributed by atoms with van der Waals surface area (Å²) >= 11 is 7.06. The minimum Gasteiger partial charge on any atom is -0.492 e. The van der Waals surface area contributed by atoms with Crippen molar-refractivity contribution in [1.29, 1.82) is 0 Å². The maximum absolute atomic E-state index is 5.61. The van der Waals surface area contributed by atoms with Crippen LogP contribution in [0.5, 0.6) is 11.5 Å². The first-order chi connectivity index (χ1) is 10.7. The Kier molecular flexibility index (Phi) is 6.27. The van der Waals surface area contributed by atoms with E-state index in [1.165, 1.54) is 0 Å². The fourth-order valence-corrected chi connectivity index (χ4v) is 2.82. The summed E-state index contributed by atoms with van der Waals surface area (Å²) in [7, 11) is 1.61. The van der Waals surface area contributed by atoms with Gasteiger partial charge >= 0.3 is 0 Å². The average Bonchev–Trinajstić information content (AvgIpc) is 2.53. The highest BCUT2D eigenvalue weighted by atomic mass is 79.9. The van der Waals surface area contributed by atoms with Gasteiger partial charge in [-0.15, -0.1) is 0 Å². The molecule has 0 fully saturated rings. The molecule has 0 spiro atoms.